The van der Waals surface area contributed by atoms with Crippen molar-refractivity contribution in [2.24, 2.45) is 0 Å². The van der Waals surface area contributed by atoms with Crippen LogP contribution in [0.25, 0.3) is 5.69 Å². The summed E-state index contributed by atoms with van der Waals surface area (Å²) in [4.78, 5) is 12.1. The molecule has 1 amide bonds. The molecule has 2 aromatic carbocycles. The molecule has 3 rings (SSSR count). The van der Waals surface area contributed by atoms with E-state index in [4.69, 9.17) is 4.74 Å². The van der Waals surface area contributed by atoms with Gasteiger partial charge in [0.2, 0.25) is 5.91 Å². The van der Waals surface area contributed by atoms with E-state index in [0.29, 0.717) is 12.8 Å². The van der Waals surface area contributed by atoms with Crippen molar-refractivity contribution in [1.82, 2.24) is 20.2 Å². The number of carbonyl (C=O) groups excluding carboxylic acids is 1. The van der Waals surface area contributed by atoms with E-state index in [1.165, 1.54) is 6.33 Å². The predicted molar refractivity (Wildman–Crippen MR) is 89.1 cm³/mol. The zero-order valence-electron chi connectivity index (χ0n) is 13.2. The third-order valence-electron chi connectivity index (χ3n) is 3.58. The topological polar surface area (TPSA) is 81.9 Å². The summed E-state index contributed by atoms with van der Waals surface area (Å²) in [5.41, 5.74) is 2.58. The number of methoxy groups -OCH3 is 1. The second-order valence-electron chi connectivity index (χ2n) is 5.16. The van der Waals surface area contributed by atoms with Crippen molar-refractivity contribution in [2.45, 2.75) is 12.8 Å². The second-order valence-corrected chi connectivity index (χ2v) is 5.16. The SMILES string of the molecule is COc1ccccc1CCC(=O)Nc1ccc(-n2cnnn2)cc1. The summed E-state index contributed by atoms with van der Waals surface area (Å²) in [5, 5.41) is 13.9. The van der Waals surface area contributed by atoms with Crippen molar-refractivity contribution < 1.29 is 9.53 Å². The van der Waals surface area contributed by atoms with Gasteiger partial charge >= 0.3 is 0 Å². The zero-order chi connectivity index (χ0) is 16.8. The van der Waals surface area contributed by atoms with Crippen molar-refractivity contribution in [3.8, 4) is 11.4 Å². The number of rotatable bonds is 6. The van der Waals surface area contributed by atoms with Gasteiger partial charge in [0.25, 0.3) is 0 Å². The first kappa shape index (κ1) is 15.7. The maximum absolute atomic E-state index is 12.1. The Kier molecular flexibility index (Phi) is 4.81. The zero-order valence-corrected chi connectivity index (χ0v) is 13.2. The lowest BCUT2D eigenvalue weighted by Crippen LogP contribution is -2.12. The number of tetrazole rings is 1. The van der Waals surface area contributed by atoms with Crippen LogP contribution in [0.1, 0.15) is 12.0 Å². The third-order valence-corrected chi connectivity index (χ3v) is 3.58. The quantitative estimate of drug-likeness (QED) is 0.752. The van der Waals surface area contributed by atoms with E-state index in [2.05, 4.69) is 20.8 Å². The minimum atomic E-state index is -0.0453. The molecule has 0 bridgehead atoms. The molecule has 1 heterocycles. The van der Waals surface area contributed by atoms with Gasteiger partial charge in [0.05, 0.1) is 12.8 Å². The molecule has 0 saturated carbocycles. The number of hydrogen-bond acceptors (Lipinski definition) is 5. The van der Waals surface area contributed by atoms with Crippen LogP contribution in [0.2, 0.25) is 0 Å². The van der Waals surface area contributed by atoms with Gasteiger partial charge in [-0.3, -0.25) is 4.79 Å². The molecule has 0 unspecified atom stereocenters. The molecule has 0 saturated heterocycles. The van der Waals surface area contributed by atoms with Gasteiger partial charge in [-0.15, -0.1) is 5.10 Å². The van der Waals surface area contributed by atoms with E-state index in [1.807, 2.05) is 48.5 Å². The third kappa shape index (κ3) is 3.75. The Morgan fingerprint density at radius 3 is 2.67 bits per heavy atom. The minimum absolute atomic E-state index is 0.0453. The number of nitrogens with zero attached hydrogens (tertiary/aromatic N) is 4. The van der Waals surface area contributed by atoms with Crippen molar-refractivity contribution in [1.29, 1.82) is 0 Å². The molecule has 3 aromatic rings. The normalized spacial score (nSPS) is 10.4. The van der Waals surface area contributed by atoms with Gasteiger partial charge in [-0.25, -0.2) is 4.68 Å². The molecule has 122 valence electrons. The van der Waals surface area contributed by atoms with Gasteiger partial charge in [-0.2, -0.15) is 0 Å². The molecule has 0 atom stereocenters. The summed E-state index contributed by atoms with van der Waals surface area (Å²) in [6.07, 6.45) is 2.52. The fraction of sp³-hybridized carbons (Fsp3) is 0.176. The van der Waals surface area contributed by atoms with Crippen LogP contribution in [0.3, 0.4) is 0 Å². The van der Waals surface area contributed by atoms with Crippen LogP contribution >= 0.6 is 0 Å². The van der Waals surface area contributed by atoms with E-state index in [0.717, 1.165) is 22.7 Å². The fourth-order valence-electron chi connectivity index (χ4n) is 2.36. The number of carbonyl (C=O) groups is 1. The molecule has 0 spiro atoms. The maximum Gasteiger partial charge on any atom is 0.224 e. The summed E-state index contributed by atoms with van der Waals surface area (Å²) >= 11 is 0. The van der Waals surface area contributed by atoms with Crippen LogP contribution in [-0.4, -0.2) is 33.2 Å². The summed E-state index contributed by atoms with van der Waals surface area (Å²) < 4.78 is 6.84. The van der Waals surface area contributed by atoms with Crippen LogP contribution in [0.4, 0.5) is 5.69 Å². The van der Waals surface area contributed by atoms with Gasteiger partial charge in [0.15, 0.2) is 0 Å². The molecule has 1 N–H and O–H groups in total. The number of amides is 1. The molecule has 24 heavy (non-hydrogen) atoms. The molecule has 0 radical (unpaired) electrons. The maximum atomic E-state index is 12.1. The van der Waals surface area contributed by atoms with E-state index in [-0.39, 0.29) is 5.91 Å². The Labute approximate surface area is 139 Å². The summed E-state index contributed by atoms with van der Waals surface area (Å²) in [5.74, 6) is 0.757. The number of aryl methyl sites for hydroxylation is 1. The number of nitrogens with one attached hydrogen (secondary N) is 1. The first-order valence-corrected chi connectivity index (χ1v) is 7.51. The highest BCUT2D eigenvalue weighted by Gasteiger charge is 2.07. The Balaban J connectivity index is 1.57. The molecule has 1 aromatic heterocycles. The lowest BCUT2D eigenvalue weighted by atomic mass is 10.1. The van der Waals surface area contributed by atoms with Crippen LogP contribution in [-0.2, 0) is 11.2 Å². The molecule has 0 fully saturated rings. The largest absolute Gasteiger partial charge is 0.496 e. The van der Waals surface area contributed by atoms with Gasteiger partial charge in [-0.05, 0) is 52.7 Å². The number of para-hydroxylation sites is 1. The Morgan fingerprint density at radius 1 is 1.17 bits per heavy atom. The molecular weight excluding hydrogens is 306 g/mol. The highest BCUT2D eigenvalue weighted by atomic mass is 16.5. The number of hydrogen-bond donors (Lipinski definition) is 1. The monoisotopic (exact) mass is 323 g/mol. The lowest BCUT2D eigenvalue weighted by molar-refractivity contribution is -0.116. The van der Waals surface area contributed by atoms with E-state index >= 15 is 0 Å². The van der Waals surface area contributed by atoms with Crippen molar-refractivity contribution in [3.05, 3.63) is 60.4 Å². The summed E-state index contributed by atoms with van der Waals surface area (Å²) in [6.45, 7) is 0. The fourth-order valence-corrected chi connectivity index (χ4v) is 2.36. The molecule has 7 heteroatoms. The van der Waals surface area contributed by atoms with E-state index in [9.17, 15) is 4.79 Å². The van der Waals surface area contributed by atoms with Crippen LogP contribution in [0.5, 0.6) is 5.75 Å². The highest BCUT2D eigenvalue weighted by molar-refractivity contribution is 5.90. The smallest absolute Gasteiger partial charge is 0.224 e. The predicted octanol–water partition coefficient (Wildman–Crippen LogP) is 2.24. The van der Waals surface area contributed by atoms with E-state index < -0.39 is 0 Å². The minimum Gasteiger partial charge on any atom is -0.496 e. The van der Waals surface area contributed by atoms with E-state index in [1.54, 1.807) is 11.8 Å². The summed E-state index contributed by atoms with van der Waals surface area (Å²) in [7, 11) is 1.63. The van der Waals surface area contributed by atoms with Gasteiger partial charge in [-0.1, -0.05) is 18.2 Å². The lowest BCUT2D eigenvalue weighted by Gasteiger charge is -2.09. The van der Waals surface area contributed by atoms with Gasteiger partial charge in [0.1, 0.15) is 12.1 Å². The van der Waals surface area contributed by atoms with Crippen LogP contribution in [0, 0.1) is 0 Å². The molecule has 7 nitrogen and oxygen atoms in total. The van der Waals surface area contributed by atoms with Crippen LogP contribution in [0.15, 0.2) is 54.9 Å². The molecule has 0 aliphatic heterocycles. The average Bonchev–Trinajstić information content (AvgIpc) is 3.15. The Hall–Kier alpha value is -3.22. The molecule has 0 aliphatic carbocycles. The summed E-state index contributed by atoms with van der Waals surface area (Å²) in [6, 6.07) is 15.0. The standard InChI is InChI=1S/C17H17N5O2/c1-24-16-5-3-2-4-13(16)6-11-17(23)19-14-7-9-15(10-8-14)22-12-18-20-21-22/h2-5,7-10,12H,6,11H2,1H3,(H,19,23). The van der Waals surface area contributed by atoms with Crippen molar-refractivity contribution in [3.63, 3.8) is 0 Å². The molecular formula is C17H17N5O2. The number of anilines is 1. The Bertz CT molecular complexity index is 800. The van der Waals surface area contributed by atoms with Gasteiger partial charge in [0, 0.05) is 12.1 Å². The number of ether oxygens (including phenoxy) is 1. The van der Waals surface area contributed by atoms with Gasteiger partial charge < -0.3 is 10.1 Å². The second kappa shape index (κ2) is 7.36. The first-order chi connectivity index (χ1) is 11.8. The van der Waals surface area contributed by atoms with Crippen LogP contribution < -0.4 is 10.1 Å². The first-order valence-electron chi connectivity index (χ1n) is 7.51. The van der Waals surface area contributed by atoms with Crippen molar-refractivity contribution >= 4 is 11.6 Å². The van der Waals surface area contributed by atoms with Crippen molar-refractivity contribution in [2.75, 3.05) is 12.4 Å². The number of benzene rings is 2. The Morgan fingerprint density at radius 2 is 1.96 bits per heavy atom. The highest BCUT2D eigenvalue weighted by Crippen LogP contribution is 2.19. The average molecular weight is 323 g/mol. The molecule has 0 aliphatic rings. The number of aromatic nitrogens is 4.